The summed E-state index contributed by atoms with van der Waals surface area (Å²) in [6.07, 6.45) is 3.84. The molecule has 4 rings (SSSR count). The Morgan fingerprint density at radius 1 is 0.868 bits per heavy atom. The SMILES string of the molecule is CNC(C)(C)C(=O)N[C@H](Cc1c[nH]c2ccccc12)C(=O)N[C@H](Cc1c[nH]c2ccccc12)N(C)C(C)=O. The maximum absolute atomic E-state index is 13.8. The first kappa shape index (κ1) is 26.9. The number of carbonyl (C=O) groups is 3. The highest BCUT2D eigenvalue weighted by Crippen LogP contribution is 2.21. The molecule has 0 aliphatic rings. The van der Waals surface area contributed by atoms with E-state index in [0.29, 0.717) is 6.42 Å². The predicted molar refractivity (Wildman–Crippen MR) is 149 cm³/mol. The van der Waals surface area contributed by atoms with E-state index in [2.05, 4.69) is 25.9 Å². The number of likely N-dealkylation sites (N-methyl/N-ethyl adjacent to an activating group) is 2. The second kappa shape index (κ2) is 11.1. The van der Waals surface area contributed by atoms with Crippen molar-refractivity contribution in [3.8, 4) is 0 Å². The number of H-pyrrole nitrogens is 2. The molecule has 0 radical (unpaired) electrons. The zero-order valence-electron chi connectivity index (χ0n) is 22.5. The van der Waals surface area contributed by atoms with Gasteiger partial charge in [-0.1, -0.05) is 36.4 Å². The molecule has 5 N–H and O–H groups in total. The third-order valence-corrected chi connectivity index (χ3v) is 7.27. The van der Waals surface area contributed by atoms with Gasteiger partial charge in [0, 0.05) is 61.0 Å². The number of amides is 3. The topological polar surface area (TPSA) is 122 Å². The van der Waals surface area contributed by atoms with Crippen LogP contribution < -0.4 is 16.0 Å². The largest absolute Gasteiger partial charge is 0.361 e. The van der Waals surface area contributed by atoms with Gasteiger partial charge >= 0.3 is 0 Å². The predicted octanol–water partition coefficient (Wildman–Crippen LogP) is 2.84. The van der Waals surface area contributed by atoms with Crippen LogP contribution in [0.4, 0.5) is 0 Å². The van der Waals surface area contributed by atoms with Crippen LogP contribution in [0.15, 0.2) is 60.9 Å². The third-order valence-electron chi connectivity index (χ3n) is 7.27. The Morgan fingerprint density at radius 2 is 1.39 bits per heavy atom. The van der Waals surface area contributed by atoms with Gasteiger partial charge in [0.05, 0.1) is 5.54 Å². The van der Waals surface area contributed by atoms with Gasteiger partial charge < -0.3 is 30.8 Å². The van der Waals surface area contributed by atoms with Gasteiger partial charge in [0.25, 0.3) is 0 Å². The molecule has 0 spiro atoms. The van der Waals surface area contributed by atoms with Gasteiger partial charge in [0.15, 0.2) is 0 Å². The van der Waals surface area contributed by atoms with E-state index in [0.717, 1.165) is 32.9 Å². The number of hydrogen-bond donors (Lipinski definition) is 5. The number of fused-ring (bicyclic) bond motifs is 2. The van der Waals surface area contributed by atoms with Crippen LogP contribution in [0, 0.1) is 0 Å². The number of nitrogens with one attached hydrogen (secondary N) is 5. The van der Waals surface area contributed by atoms with Gasteiger partial charge in [0.2, 0.25) is 17.7 Å². The molecule has 0 saturated carbocycles. The van der Waals surface area contributed by atoms with Crippen LogP contribution in [-0.2, 0) is 27.2 Å². The molecule has 200 valence electrons. The zero-order chi connectivity index (χ0) is 27.4. The fourth-order valence-corrected chi connectivity index (χ4v) is 4.46. The van der Waals surface area contributed by atoms with Crippen molar-refractivity contribution in [2.75, 3.05) is 14.1 Å². The summed E-state index contributed by atoms with van der Waals surface area (Å²) >= 11 is 0. The maximum Gasteiger partial charge on any atom is 0.244 e. The molecule has 2 heterocycles. The van der Waals surface area contributed by atoms with Crippen molar-refractivity contribution in [1.29, 1.82) is 0 Å². The van der Waals surface area contributed by atoms with Gasteiger partial charge in [-0.3, -0.25) is 14.4 Å². The molecule has 3 amide bonds. The number of aromatic amines is 2. The van der Waals surface area contributed by atoms with E-state index in [1.54, 1.807) is 27.9 Å². The van der Waals surface area contributed by atoms with E-state index in [9.17, 15) is 14.4 Å². The van der Waals surface area contributed by atoms with E-state index in [4.69, 9.17) is 0 Å². The molecule has 38 heavy (non-hydrogen) atoms. The highest BCUT2D eigenvalue weighted by Gasteiger charge is 2.32. The smallest absolute Gasteiger partial charge is 0.244 e. The van der Waals surface area contributed by atoms with Crippen LogP contribution in [0.5, 0.6) is 0 Å². The highest BCUT2D eigenvalue weighted by atomic mass is 16.2. The standard InChI is InChI=1S/C29H36N6O3/c1-18(36)35(5)26(15-20-17-32-24-13-9-7-11-22(20)24)34-27(37)25(33-28(38)29(2,3)30-4)14-19-16-31-23-12-8-6-10-21(19)23/h6-13,16-17,25-26,30-32H,14-15H2,1-5H3,(H,33,38)(H,34,37)/t25-,26+/m1/s1. The molecule has 9 nitrogen and oxygen atoms in total. The Morgan fingerprint density at radius 3 is 1.92 bits per heavy atom. The molecule has 2 atom stereocenters. The van der Waals surface area contributed by atoms with Crippen LogP contribution in [0.3, 0.4) is 0 Å². The van der Waals surface area contributed by atoms with Gasteiger partial charge in [-0.05, 0) is 44.2 Å². The number of rotatable bonds is 10. The second-order valence-electron chi connectivity index (χ2n) is 10.2. The lowest BCUT2D eigenvalue weighted by Crippen LogP contribution is -2.60. The quantitative estimate of drug-likeness (QED) is 0.208. The van der Waals surface area contributed by atoms with Gasteiger partial charge in [-0.2, -0.15) is 0 Å². The zero-order valence-corrected chi connectivity index (χ0v) is 22.5. The fourth-order valence-electron chi connectivity index (χ4n) is 4.46. The van der Waals surface area contributed by atoms with E-state index in [1.807, 2.05) is 60.9 Å². The number of carbonyl (C=O) groups excluding carboxylic acids is 3. The molecule has 2 aromatic heterocycles. The lowest BCUT2D eigenvalue weighted by Gasteiger charge is -2.31. The average molecular weight is 517 g/mol. The van der Waals surface area contributed by atoms with Gasteiger partial charge in [0.1, 0.15) is 12.2 Å². The summed E-state index contributed by atoms with van der Waals surface area (Å²) in [6.45, 7) is 4.98. The van der Waals surface area contributed by atoms with Crippen molar-refractivity contribution in [3.05, 3.63) is 72.1 Å². The van der Waals surface area contributed by atoms with Crippen LogP contribution in [0.25, 0.3) is 21.8 Å². The van der Waals surface area contributed by atoms with Crippen molar-refractivity contribution in [1.82, 2.24) is 30.8 Å². The maximum atomic E-state index is 13.8. The Balaban J connectivity index is 1.62. The number of hydrogen-bond acceptors (Lipinski definition) is 4. The van der Waals surface area contributed by atoms with Gasteiger partial charge in [-0.15, -0.1) is 0 Å². The third kappa shape index (κ3) is 5.73. The monoisotopic (exact) mass is 516 g/mol. The van der Waals surface area contributed by atoms with Crippen LogP contribution in [0.2, 0.25) is 0 Å². The first-order chi connectivity index (χ1) is 18.1. The molecule has 0 aliphatic carbocycles. The van der Waals surface area contributed by atoms with E-state index in [1.165, 1.54) is 11.8 Å². The molecule has 0 fully saturated rings. The lowest BCUT2D eigenvalue weighted by molar-refractivity contribution is -0.135. The van der Waals surface area contributed by atoms with Crippen LogP contribution in [-0.4, -0.2) is 64.4 Å². The number of nitrogens with zero attached hydrogens (tertiary/aromatic N) is 1. The van der Waals surface area contributed by atoms with Gasteiger partial charge in [-0.25, -0.2) is 0 Å². The normalized spacial score (nSPS) is 13.3. The Hall–Kier alpha value is -4.11. The minimum absolute atomic E-state index is 0.177. The minimum Gasteiger partial charge on any atom is -0.361 e. The molecule has 0 bridgehead atoms. The number of para-hydroxylation sites is 2. The first-order valence-electron chi connectivity index (χ1n) is 12.7. The summed E-state index contributed by atoms with van der Waals surface area (Å²) in [7, 11) is 3.37. The minimum atomic E-state index is -0.877. The van der Waals surface area contributed by atoms with Crippen LogP contribution >= 0.6 is 0 Å². The number of benzene rings is 2. The van der Waals surface area contributed by atoms with Crippen molar-refractivity contribution >= 4 is 39.5 Å². The molecular formula is C29H36N6O3. The molecule has 0 aliphatic heterocycles. The van der Waals surface area contributed by atoms with Crippen LogP contribution in [0.1, 0.15) is 31.9 Å². The molecule has 0 unspecified atom stereocenters. The Labute approximate surface area is 222 Å². The molecule has 4 aromatic rings. The Kier molecular flexibility index (Phi) is 7.87. The summed E-state index contributed by atoms with van der Waals surface area (Å²) in [4.78, 5) is 47.3. The second-order valence-corrected chi connectivity index (χ2v) is 10.2. The average Bonchev–Trinajstić information content (AvgIpc) is 3.51. The summed E-state index contributed by atoms with van der Waals surface area (Å²) in [5.41, 5.74) is 2.95. The highest BCUT2D eigenvalue weighted by molar-refractivity contribution is 5.93. The lowest BCUT2D eigenvalue weighted by atomic mass is 10.0. The Bertz CT molecular complexity index is 1450. The van der Waals surface area contributed by atoms with Crippen molar-refractivity contribution in [2.45, 2.75) is 51.4 Å². The summed E-state index contributed by atoms with van der Waals surface area (Å²) in [5, 5.41) is 11.0. The van der Waals surface area contributed by atoms with E-state index in [-0.39, 0.29) is 24.1 Å². The fraction of sp³-hybridized carbons (Fsp3) is 0.345. The van der Waals surface area contributed by atoms with E-state index < -0.39 is 17.7 Å². The molecule has 2 aromatic carbocycles. The summed E-state index contributed by atoms with van der Waals surface area (Å²) in [5.74, 6) is -0.842. The van der Waals surface area contributed by atoms with Crippen molar-refractivity contribution < 1.29 is 14.4 Å². The molecule has 9 heteroatoms. The molecule has 0 saturated heterocycles. The van der Waals surface area contributed by atoms with E-state index >= 15 is 0 Å². The summed E-state index contributed by atoms with van der Waals surface area (Å²) < 4.78 is 0. The van der Waals surface area contributed by atoms with Crippen molar-refractivity contribution in [3.63, 3.8) is 0 Å². The molecular weight excluding hydrogens is 480 g/mol. The van der Waals surface area contributed by atoms with Crippen molar-refractivity contribution in [2.24, 2.45) is 0 Å². The first-order valence-corrected chi connectivity index (χ1v) is 12.7. The summed E-state index contributed by atoms with van der Waals surface area (Å²) in [6, 6.07) is 14.9. The number of aromatic nitrogens is 2.